The molecule has 4 heteroatoms. The second-order valence-electron chi connectivity index (χ2n) is 8.15. The number of carbonyl (C=O) groups excluding carboxylic acids is 1. The van der Waals surface area contributed by atoms with Crippen molar-refractivity contribution in [3.05, 3.63) is 41.5 Å². The second-order valence-corrected chi connectivity index (χ2v) is 8.15. The Balaban J connectivity index is 1.80. The van der Waals surface area contributed by atoms with Gasteiger partial charge in [-0.3, -0.25) is 9.69 Å². The predicted molar refractivity (Wildman–Crippen MR) is 97.4 cm³/mol. The predicted octanol–water partition coefficient (Wildman–Crippen LogP) is 2.94. The van der Waals surface area contributed by atoms with E-state index in [9.17, 15) is 4.79 Å². The maximum atomic E-state index is 13.0. The van der Waals surface area contributed by atoms with E-state index in [0.717, 1.165) is 32.4 Å². The van der Waals surface area contributed by atoms with Gasteiger partial charge in [-0.1, -0.05) is 29.8 Å². The number of ether oxygens (including phenoxy) is 1. The van der Waals surface area contributed by atoms with E-state index in [1.165, 1.54) is 16.8 Å². The normalized spacial score (nSPS) is 40.1. The minimum Gasteiger partial charge on any atom is -0.469 e. The highest BCUT2D eigenvalue weighted by atomic mass is 16.5. The van der Waals surface area contributed by atoms with Gasteiger partial charge in [0.1, 0.15) is 5.66 Å². The van der Waals surface area contributed by atoms with Crippen LogP contribution >= 0.6 is 0 Å². The van der Waals surface area contributed by atoms with Crippen molar-refractivity contribution < 1.29 is 9.53 Å². The van der Waals surface area contributed by atoms with E-state index in [0.29, 0.717) is 5.92 Å². The van der Waals surface area contributed by atoms with Crippen LogP contribution in [0.1, 0.15) is 31.7 Å². The molecule has 4 nitrogen and oxygen atoms in total. The van der Waals surface area contributed by atoms with Crippen LogP contribution in [0.4, 0.5) is 5.69 Å². The Labute approximate surface area is 149 Å². The monoisotopic (exact) mass is 338 g/mol. The van der Waals surface area contributed by atoms with Crippen LogP contribution in [0.2, 0.25) is 0 Å². The van der Waals surface area contributed by atoms with Gasteiger partial charge < -0.3 is 9.64 Å². The third-order valence-corrected chi connectivity index (χ3v) is 7.65. The lowest BCUT2D eigenvalue weighted by atomic mass is 9.66. The summed E-state index contributed by atoms with van der Waals surface area (Å²) >= 11 is 0. The molecular formula is C21H26N2O2. The average Bonchev–Trinajstić information content (AvgIpc) is 3.13. The highest BCUT2D eigenvalue weighted by Crippen LogP contribution is 2.71. The lowest BCUT2D eigenvalue weighted by molar-refractivity contribution is -0.149. The van der Waals surface area contributed by atoms with Gasteiger partial charge >= 0.3 is 5.97 Å². The van der Waals surface area contributed by atoms with Gasteiger partial charge in [-0.25, -0.2) is 0 Å². The molecule has 1 saturated carbocycles. The third-order valence-electron chi connectivity index (χ3n) is 7.65. The first-order valence-electron chi connectivity index (χ1n) is 9.40. The van der Waals surface area contributed by atoms with Crippen LogP contribution in [0, 0.1) is 11.8 Å². The summed E-state index contributed by atoms with van der Waals surface area (Å²) in [6, 6.07) is 8.72. The number of nitrogens with zero attached hydrogens (tertiary/aromatic N) is 2. The van der Waals surface area contributed by atoms with Gasteiger partial charge in [0.15, 0.2) is 0 Å². The first-order valence-corrected chi connectivity index (χ1v) is 9.40. The number of anilines is 1. The van der Waals surface area contributed by atoms with Crippen molar-refractivity contribution in [2.75, 3.05) is 32.1 Å². The van der Waals surface area contributed by atoms with E-state index in [1.807, 2.05) is 0 Å². The van der Waals surface area contributed by atoms with E-state index in [2.05, 4.69) is 54.1 Å². The second kappa shape index (κ2) is 4.88. The molecule has 0 N–H and O–H groups in total. The van der Waals surface area contributed by atoms with Crippen LogP contribution in [-0.4, -0.2) is 43.8 Å². The molecule has 3 heterocycles. The van der Waals surface area contributed by atoms with Crippen molar-refractivity contribution in [3.8, 4) is 0 Å². The topological polar surface area (TPSA) is 32.8 Å². The largest absolute Gasteiger partial charge is 0.469 e. The number of likely N-dealkylation sites (N-methyl/N-ethyl adjacent to an activating group) is 1. The van der Waals surface area contributed by atoms with E-state index in [1.54, 1.807) is 7.11 Å². The maximum Gasteiger partial charge on any atom is 0.310 e. The molecule has 0 amide bonds. The lowest BCUT2D eigenvalue weighted by Gasteiger charge is -2.47. The van der Waals surface area contributed by atoms with Crippen molar-refractivity contribution in [2.24, 2.45) is 11.8 Å². The number of benzene rings is 1. The number of fused-ring (bicyclic) bond motifs is 2. The molecule has 1 aromatic carbocycles. The summed E-state index contributed by atoms with van der Waals surface area (Å²) in [6.45, 7) is 4.22. The fourth-order valence-electron chi connectivity index (χ4n) is 6.87. The smallest absolute Gasteiger partial charge is 0.310 e. The van der Waals surface area contributed by atoms with Gasteiger partial charge in [-0.15, -0.1) is 0 Å². The van der Waals surface area contributed by atoms with Crippen molar-refractivity contribution in [3.63, 3.8) is 0 Å². The average molecular weight is 338 g/mol. The summed E-state index contributed by atoms with van der Waals surface area (Å²) in [6.07, 6.45) is 5.37. The summed E-state index contributed by atoms with van der Waals surface area (Å²) in [5.41, 5.74) is 3.92. The number of hydrogen-bond acceptors (Lipinski definition) is 4. The maximum absolute atomic E-state index is 13.0. The molecule has 0 unspecified atom stereocenters. The van der Waals surface area contributed by atoms with Gasteiger partial charge in [-0.05, 0) is 43.7 Å². The first kappa shape index (κ1) is 15.4. The van der Waals surface area contributed by atoms with E-state index in [-0.39, 0.29) is 23.0 Å². The molecule has 132 valence electrons. The zero-order valence-corrected chi connectivity index (χ0v) is 15.3. The van der Waals surface area contributed by atoms with Crippen molar-refractivity contribution in [1.29, 1.82) is 0 Å². The van der Waals surface area contributed by atoms with Gasteiger partial charge in [0.2, 0.25) is 0 Å². The minimum atomic E-state index is -0.130. The molecule has 2 bridgehead atoms. The fourth-order valence-corrected chi connectivity index (χ4v) is 6.87. The van der Waals surface area contributed by atoms with Crippen molar-refractivity contribution in [1.82, 2.24) is 4.90 Å². The summed E-state index contributed by atoms with van der Waals surface area (Å²) in [5, 5.41) is 0. The van der Waals surface area contributed by atoms with E-state index < -0.39 is 0 Å². The number of esters is 1. The Kier molecular flexibility index (Phi) is 3.01. The molecule has 4 atom stereocenters. The summed E-state index contributed by atoms with van der Waals surface area (Å²) in [4.78, 5) is 18.2. The summed E-state index contributed by atoms with van der Waals surface area (Å²) in [7, 11) is 3.78. The highest BCUT2D eigenvalue weighted by Gasteiger charge is 2.77. The van der Waals surface area contributed by atoms with Gasteiger partial charge in [0, 0.05) is 31.2 Å². The molecule has 3 aliphatic heterocycles. The number of allylic oxidation sites excluding steroid dienone is 1. The third kappa shape index (κ3) is 1.52. The molecule has 3 fully saturated rings. The van der Waals surface area contributed by atoms with Gasteiger partial charge in [0.05, 0.1) is 13.0 Å². The van der Waals surface area contributed by atoms with Crippen LogP contribution in [0.15, 0.2) is 35.9 Å². The van der Waals surface area contributed by atoms with E-state index in [4.69, 9.17) is 4.74 Å². The van der Waals surface area contributed by atoms with Crippen molar-refractivity contribution in [2.45, 2.75) is 37.3 Å². The van der Waals surface area contributed by atoms with Crippen LogP contribution in [-0.2, 0) is 14.9 Å². The molecule has 1 spiro atoms. The number of carbonyl (C=O) groups is 1. The Morgan fingerprint density at radius 2 is 2.16 bits per heavy atom. The fraction of sp³-hybridized carbons (Fsp3) is 0.571. The quantitative estimate of drug-likeness (QED) is 0.582. The van der Waals surface area contributed by atoms with E-state index >= 15 is 0 Å². The molecule has 2 saturated heterocycles. The summed E-state index contributed by atoms with van der Waals surface area (Å²) < 4.78 is 5.36. The van der Waals surface area contributed by atoms with Crippen LogP contribution in [0.5, 0.6) is 0 Å². The standard InChI is InChI=1S/C21H26N2O2/c1-4-14-11-15-12-21-20(9-10-23(21)13-14,18(15)19(24)25-3)16-7-5-6-8-17(16)22(21)2/h4-8,15,18H,9-13H2,1-3H3/t15-,18-,20-,21-/m0/s1. The van der Waals surface area contributed by atoms with Crippen LogP contribution in [0.25, 0.3) is 0 Å². The SMILES string of the molecule is CC=C1C[C@H]2C[C@]34N(CC[C@]3(c3ccccc3N4C)[C@@H]2C(=O)OC)C1. The molecule has 0 radical (unpaired) electrons. The number of methoxy groups -OCH3 is 1. The molecular weight excluding hydrogens is 312 g/mol. The Morgan fingerprint density at radius 1 is 1.36 bits per heavy atom. The Morgan fingerprint density at radius 3 is 2.92 bits per heavy atom. The molecule has 4 aliphatic rings. The zero-order valence-electron chi connectivity index (χ0n) is 15.3. The lowest BCUT2D eigenvalue weighted by Crippen LogP contribution is -2.61. The molecule has 5 rings (SSSR count). The van der Waals surface area contributed by atoms with Gasteiger partial charge in [-0.2, -0.15) is 0 Å². The minimum absolute atomic E-state index is 0.0174. The molecule has 1 aromatic rings. The molecule has 0 aromatic heterocycles. The Bertz CT molecular complexity index is 788. The number of para-hydroxylation sites is 1. The first-order chi connectivity index (χ1) is 12.1. The Hall–Kier alpha value is -1.81. The molecule has 1 aliphatic carbocycles. The van der Waals surface area contributed by atoms with Crippen LogP contribution < -0.4 is 4.90 Å². The summed E-state index contributed by atoms with van der Waals surface area (Å²) in [5.74, 6) is 0.291. The highest BCUT2D eigenvalue weighted by molar-refractivity contribution is 5.81. The molecule has 25 heavy (non-hydrogen) atoms. The number of hydrogen-bond donors (Lipinski definition) is 0. The van der Waals surface area contributed by atoms with Crippen molar-refractivity contribution >= 4 is 11.7 Å². The van der Waals surface area contributed by atoms with Gasteiger partial charge in [0.25, 0.3) is 0 Å². The van der Waals surface area contributed by atoms with Crippen LogP contribution in [0.3, 0.4) is 0 Å². The zero-order chi connectivity index (χ0) is 17.4. The number of rotatable bonds is 1.